The van der Waals surface area contributed by atoms with E-state index in [4.69, 9.17) is 22.1 Å². The molecule has 18 aromatic rings. The second-order valence-electron chi connectivity index (χ2n) is 43.3. The third kappa shape index (κ3) is 12.2. The number of piperidine rings is 6. The lowest BCUT2D eigenvalue weighted by atomic mass is 9.49. The number of aryl methyl sites for hydroxylation is 5. The monoisotopic (exact) mass is 1770 g/mol. The van der Waals surface area contributed by atoms with Gasteiger partial charge in [0.1, 0.15) is 55.8 Å². The van der Waals surface area contributed by atoms with E-state index in [1.807, 2.05) is 24.3 Å². The van der Waals surface area contributed by atoms with Crippen LogP contribution in [0.1, 0.15) is 220 Å². The Bertz CT molecular complexity index is 7790. The maximum absolute atomic E-state index is 6.15. The Morgan fingerprint density at radius 1 is 0.299 bits per heavy atom. The summed E-state index contributed by atoms with van der Waals surface area (Å²) in [7, 11) is 0. The maximum Gasteiger partial charge on any atom is 0.135 e. The Balaban J connectivity index is 0.0000000897. The molecular formula is C122H125N7O5. The minimum Gasteiger partial charge on any atom is -0.456 e. The fourth-order valence-corrected chi connectivity index (χ4v) is 29.2. The lowest BCUT2D eigenvalue weighted by Crippen LogP contribution is -2.71. The van der Waals surface area contributed by atoms with Gasteiger partial charge in [0.25, 0.3) is 0 Å². The number of furan rings is 5. The zero-order valence-electron chi connectivity index (χ0n) is 80.6. The van der Waals surface area contributed by atoms with Gasteiger partial charge in [-0.1, -0.05) is 165 Å². The summed E-state index contributed by atoms with van der Waals surface area (Å²) < 4.78 is 30.5. The number of anilines is 6. The quantitative estimate of drug-likeness (QED) is 0.164. The Morgan fingerprint density at radius 3 is 1.16 bits per heavy atom. The van der Waals surface area contributed by atoms with Crippen LogP contribution in [-0.2, 0) is 16.5 Å². The molecule has 0 radical (unpaired) electrons. The second-order valence-corrected chi connectivity index (χ2v) is 43.3. The number of benzene rings is 13. The number of hydrogen-bond acceptors (Lipinski definition) is 12. The van der Waals surface area contributed by atoms with Crippen molar-refractivity contribution < 1.29 is 22.1 Å². The molecule has 678 valence electrons. The van der Waals surface area contributed by atoms with Gasteiger partial charge in [-0.25, -0.2) is 0 Å². The molecule has 9 saturated heterocycles. The highest BCUT2D eigenvalue weighted by atomic mass is 16.3. The summed E-state index contributed by atoms with van der Waals surface area (Å²) in [6, 6.07) is 94.8. The first kappa shape index (κ1) is 83.4. The zero-order valence-corrected chi connectivity index (χ0v) is 80.6. The molecule has 13 aromatic carbocycles. The summed E-state index contributed by atoms with van der Waals surface area (Å²) in [6.45, 7) is 37.6. The third-order valence-corrected chi connectivity index (χ3v) is 36.4. The molecule has 12 nitrogen and oxygen atoms in total. The van der Waals surface area contributed by atoms with Crippen molar-refractivity contribution in [1.82, 2.24) is 4.90 Å². The average Bonchev–Trinajstić information content (AvgIpc) is 1.27. The van der Waals surface area contributed by atoms with Gasteiger partial charge in [0.05, 0.1) is 29.5 Å². The van der Waals surface area contributed by atoms with Gasteiger partial charge in [-0.2, -0.15) is 0 Å². The van der Waals surface area contributed by atoms with Crippen LogP contribution in [0, 0.1) is 40.0 Å². The summed E-state index contributed by atoms with van der Waals surface area (Å²) in [5.41, 5.74) is 33.7. The minimum atomic E-state index is 0.00271. The van der Waals surface area contributed by atoms with Gasteiger partial charge in [0.15, 0.2) is 0 Å². The molecule has 18 heterocycles. The van der Waals surface area contributed by atoms with Gasteiger partial charge < -0.3 is 51.5 Å². The molecular weight excluding hydrogens is 1640 g/mol. The fraction of sp³-hybridized carbons (Fsp3) is 0.361. The molecule has 13 aliphatic heterocycles. The molecule has 18 aliphatic rings. The average molecular weight is 1770 g/mol. The third-order valence-electron chi connectivity index (χ3n) is 36.4. The van der Waals surface area contributed by atoms with Crippen LogP contribution in [0.3, 0.4) is 0 Å². The SMILES string of the molecule is Cc1cc2oc3ccccc3c2cc1N1C(C)C2(C)CCC1(C)c1ccccc12.Cc1cc2oc3ccccc3c2cc1N1C(C)C23CCC1(CC2)CC3.Cc1cc2oc3ccccc3c2cc1N1C(C)N2CCC1(C)CC2C.Cc1cc2oc3ccccc3c2cc1N1C(C)N2CCC1(C)c1ccccc12.Cc1cc2oc3ccccc3c2cc1N1C2CCC(c3ccccc32)C1C. The first-order chi connectivity index (χ1) is 64.8. The first-order valence-electron chi connectivity index (χ1n) is 50.2. The van der Waals surface area contributed by atoms with E-state index in [0.29, 0.717) is 59.4 Å². The molecule has 134 heavy (non-hydrogen) atoms. The van der Waals surface area contributed by atoms with E-state index in [9.17, 15) is 0 Å². The summed E-state index contributed by atoms with van der Waals surface area (Å²) in [5, 5.41) is 12.2. The van der Waals surface area contributed by atoms with Crippen molar-refractivity contribution in [2.75, 3.05) is 42.5 Å². The molecule has 13 unspecified atom stereocenters. The molecule has 0 amide bonds. The van der Waals surface area contributed by atoms with Crippen molar-refractivity contribution in [1.29, 1.82) is 0 Å². The minimum absolute atomic E-state index is 0.00271. The van der Waals surface area contributed by atoms with E-state index in [2.05, 4.69) is 369 Å². The van der Waals surface area contributed by atoms with Crippen molar-refractivity contribution >= 4 is 144 Å². The van der Waals surface area contributed by atoms with Crippen LogP contribution >= 0.6 is 0 Å². The molecule has 12 heteroatoms. The molecule has 3 saturated carbocycles. The van der Waals surface area contributed by atoms with Crippen LogP contribution < -0.4 is 29.4 Å². The Morgan fingerprint density at radius 2 is 0.694 bits per heavy atom. The summed E-state index contributed by atoms with van der Waals surface area (Å²) in [6.07, 6.45) is 17.9. The van der Waals surface area contributed by atoms with Gasteiger partial charge in [-0.3, -0.25) is 4.90 Å². The van der Waals surface area contributed by atoms with Crippen molar-refractivity contribution in [3.05, 3.63) is 310 Å². The van der Waals surface area contributed by atoms with Gasteiger partial charge in [-0.05, 0) is 333 Å². The number of fused-ring (bicyclic) bond motifs is 24. The van der Waals surface area contributed by atoms with Crippen LogP contribution in [0.2, 0.25) is 0 Å². The fourth-order valence-electron chi connectivity index (χ4n) is 29.2. The van der Waals surface area contributed by atoms with Gasteiger partial charge >= 0.3 is 0 Å². The predicted octanol–water partition coefficient (Wildman–Crippen LogP) is 31.5. The van der Waals surface area contributed by atoms with E-state index in [1.165, 1.54) is 216 Å². The van der Waals surface area contributed by atoms with Crippen LogP contribution in [0.25, 0.3) is 110 Å². The number of hydrogen-bond donors (Lipinski definition) is 0. The molecule has 36 rings (SSSR count). The van der Waals surface area contributed by atoms with Crippen molar-refractivity contribution in [3.8, 4) is 0 Å². The van der Waals surface area contributed by atoms with E-state index in [0.717, 1.165) is 68.8 Å². The van der Waals surface area contributed by atoms with E-state index in [1.54, 1.807) is 11.1 Å². The Labute approximate surface area is 787 Å². The van der Waals surface area contributed by atoms with Gasteiger partial charge in [0.2, 0.25) is 0 Å². The lowest BCUT2D eigenvalue weighted by Gasteiger charge is -2.70. The molecule has 5 aliphatic carbocycles. The number of rotatable bonds is 5. The van der Waals surface area contributed by atoms with Crippen LogP contribution in [-0.4, -0.2) is 65.6 Å². The Hall–Kier alpha value is -12.4. The summed E-state index contributed by atoms with van der Waals surface area (Å²) in [4.78, 5) is 18.8. The lowest BCUT2D eigenvalue weighted by molar-refractivity contribution is -0.0447. The highest BCUT2D eigenvalue weighted by Gasteiger charge is 2.63. The van der Waals surface area contributed by atoms with Crippen LogP contribution in [0.4, 0.5) is 34.1 Å². The largest absolute Gasteiger partial charge is 0.456 e. The standard InChI is InChI=1S/C27H27NO.C25H24N2O.C25H23NO.C23H25NO.C22H26N2O/c1-17-15-25-20(19-9-5-8-12-24(19)29-25)16-23(17)28-18(2)26(3)13-14-27(28,4)22-11-7-6-10-21(22)26;1-16-14-24-19(18-8-4-7-11-23(18)28-24)15-22(16)27-17(2)26-13-12-25(27,3)20-9-5-6-10-21(20)26;1-15-13-25-21(20-9-5-6-10-24(20)27-25)14-23(15)26-16(2)17-11-12-22(26)19-8-4-3-7-18(17)19;1-15-13-21-18(17-5-3-4-6-20(17)25-21)14-19(15)24-16(2)22-7-10-23(24,11-8-22)12-9-22;1-14-11-21-18(17-7-5-6-8-20(17)25-21)12-19(14)24-16(3)23-10-9-22(24,4)13-15(23)2/h5-12,15-16,18H,13-14H2,1-4H3;4-11,14-15,17H,12-13H2,1-3H3;3-10,13-14,16-17,22H,11-12H2,1-2H3;3-6,13-14,16H,7-12H2,1-2H3;5-8,11-12,15-16H,9-10,13H2,1-4H3. The zero-order chi connectivity index (χ0) is 91.3. The summed E-state index contributed by atoms with van der Waals surface area (Å²) in [5.74, 6) is 0.627. The van der Waals surface area contributed by atoms with Crippen LogP contribution in [0.5, 0.6) is 0 Å². The highest BCUT2D eigenvalue weighted by molar-refractivity contribution is 6.11. The normalized spacial score (nSPS) is 28.1. The van der Waals surface area contributed by atoms with E-state index < -0.39 is 0 Å². The molecule has 0 N–H and O–H groups in total. The van der Waals surface area contributed by atoms with Crippen LogP contribution in [0.15, 0.2) is 277 Å². The molecule has 12 fully saturated rings. The van der Waals surface area contributed by atoms with Gasteiger partial charge in [0, 0.05) is 153 Å². The smallest absolute Gasteiger partial charge is 0.135 e. The first-order valence-corrected chi connectivity index (χ1v) is 50.2. The highest BCUT2D eigenvalue weighted by Crippen LogP contribution is 2.66. The summed E-state index contributed by atoms with van der Waals surface area (Å²) >= 11 is 0. The number of para-hydroxylation sites is 6. The topological polar surface area (TPSA) is 88.4 Å². The van der Waals surface area contributed by atoms with Gasteiger partial charge in [-0.15, -0.1) is 0 Å². The molecule has 5 aromatic heterocycles. The van der Waals surface area contributed by atoms with E-state index >= 15 is 0 Å². The van der Waals surface area contributed by atoms with Crippen molar-refractivity contribution in [3.63, 3.8) is 0 Å². The van der Waals surface area contributed by atoms with Crippen molar-refractivity contribution in [2.24, 2.45) is 5.41 Å². The predicted molar refractivity (Wildman–Crippen MR) is 556 cm³/mol. The maximum atomic E-state index is 6.15. The molecule has 0 spiro atoms. The second kappa shape index (κ2) is 30.3. The molecule has 10 bridgehead atoms. The van der Waals surface area contributed by atoms with Crippen molar-refractivity contribution in [2.45, 2.75) is 263 Å². The van der Waals surface area contributed by atoms with E-state index in [-0.39, 0.29) is 22.0 Å². The Kier molecular flexibility index (Phi) is 18.9. The number of nitrogens with zero attached hydrogens (tertiary/aromatic N) is 7. The molecule has 13 atom stereocenters.